The highest BCUT2D eigenvalue weighted by atomic mass is 79.9. The predicted octanol–water partition coefficient (Wildman–Crippen LogP) is 3.34. The Labute approximate surface area is 136 Å². The zero-order chi connectivity index (χ0) is 15.1. The van der Waals surface area contributed by atoms with E-state index < -0.39 is 0 Å². The Kier molecular flexibility index (Phi) is 7.72. The molecular weight excluding hydrogens is 390 g/mol. The zero-order valence-electron chi connectivity index (χ0n) is 11.9. The molecule has 0 N–H and O–H groups in total. The van der Waals surface area contributed by atoms with Gasteiger partial charge in [-0.3, -0.25) is 4.79 Å². The van der Waals surface area contributed by atoms with Crippen LogP contribution in [0.1, 0.15) is 17.3 Å². The Morgan fingerprint density at radius 3 is 2.60 bits per heavy atom. The van der Waals surface area contributed by atoms with Crippen LogP contribution in [-0.4, -0.2) is 50.8 Å². The fourth-order valence-corrected chi connectivity index (χ4v) is 2.64. The normalized spacial score (nSPS) is 12.2. The van der Waals surface area contributed by atoms with Crippen molar-refractivity contribution in [3.63, 3.8) is 0 Å². The molecule has 0 fully saturated rings. The van der Waals surface area contributed by atoms with Crippen molar-refractivity contribution < 1.29 is 14.3 Å². The standard InChI is InChI=1S/C14H19Br2NO3/c1-10(9-20-3)17(6-7-19-2)14(18)12-8-11(15)4-5-13(12)16/h4-5,8,10H,6-7,9H2,1-3H3. The van der Waals surface area contributed by atoms with E-state index in [4.69, 9.17) is 9.47 Å². The molecule has 1 rings (SSSR count). The topological polar surface area (TPSA) is 38.8 Å². The molecule has 0 saturated carbocycles. The van der Waals surface area contributed by atoms with Crippen molar-refractivity contribution in [1.29, 1.82) is 0 Å². The summed E-state index contributed by atoms with van der Waals surface area (Å²) in [6.45, 7) is 3.47. The van der Waals surface area contributed by atoms with Gasteiger partial charge in [0.05, 0.1) is 24.8 Å². The van der Waals surface area contributed by atoms with Crippen LogP contribution < -0.4 is 0 Å². The number of amides is 1. The van der Waals surface area contributed by atoms with E-state index in [0.29, 0.717) is 25.3 Å². The summed E-state index contributed by atoms with van der Waals surface area (Å²) in [6.07, 6.45) is 0. The van der Waals surface area contributed by atoms with Crippen LogP contribution >= 0.6 is 31.9 Å². The van der Waals surface area contributed by atoms with Crippen LogP contribution in [0.5, 0.6) is 0 Å². The highest BCUT2D eigenvalue weighted by Crippen LogP contribution is 2.23. The van der Waals surface area contributed by atoms with Crippen LogP contribution in [0.4, 0.5) is 0 Å². The summed E-state index contributed by atoms with van der Waals surface area (Å²) >= 11 is 6.82. The summed E-state index contributed by atoms with van der Waals surface area (Å²) in [4.78, 5) is 14.5. The summed E-state index contributed by atoms with van der Waals surface area (Å²) < 4.78 is 11.9. The van der Waals surface area contributed by atoms with E-state index in [-0.39, 0.29) is 11.9 Å². The van der Waals surface area contributed by atoms with E-state index in [9.17, 15) is 4.79 Å². The van der Waals surface area contributed by atoms with Gasteiger partial charge in [-0.15, -0.1) is 0 Å². The molecule has 0 saturated heterocycles. The molecule has 4 nitrogen and oxygen atoms in total. The van der Waals surface area contributed by atoms with Crippen molar-refractivity contribution in [2.24, 2.45) is 0 Å². The van der Waals surface area contributed by atoms with Crippen molar-refractivity contribution in [2.75, 3.05) is 34.0 Å². The van der Waals surface area contributed by atoms with Gasteiger partial charge in [0.25, 0.3) is 5.91 Å². The summed E-state index contributed by atoms with van der Waals surface area (Å²) in [5, 5.41) is 0. The Morgan fingerprint density at radius 2 is 2.00 bits per heavy atom. The maximum absolute atomic E-state index is 12.7. The lowest BCUT2D eigenvalue weighted by Crippen LogP contribution is -2.43. The van der Waals surface area contributed by atoms with E-state index >= 15 is 0 Å². The number of halogens is 2. The van der Waals surface area contributed by atoms with Gasteiger partial charge in [-0.25, -0.2) is 0 Å². The van der Waals surface area contributed by atoms with Gasteiger partial charge in [-0.05, 0) is 41.1 Å². The molecule has 1 atom stereocenters. The molecule has 0 heterocycles. The number of ether oxygens (including phenoxy) is 2. The molecule has 0 spiro atoms. The highest BCUT2D eigenvalue weighted by Gasteiger charge is 2.23. The number of carbonyl (C=O) groups is 1. The van der Waals surface area contributed by atoms with Gasteiger partial charge in [0.2, 0.25) is 0 Å². The first-order chi connectivity index (χ1) is 9.51. The average Bonchev–Trinajstić information content (AvgIpc) is 2.42. The molecule has 0 aliphatic heterocycles. The minimum Gasteiger partial charge on any atom is -0.383 e. The van der Waals surface area contributed by atoms with E-state index in [0.717, 1.165) is 8.95 Å². The molecular formula is C14H19Br2NO3. The van der Waals surface area contributed by atoms with Gasteiger partial charge in [0.15, 0.2) is 0 Å². The lowest BCUT2D eigenvalue weighted by atomic mass is 10.1. The van der Waals surface area contributed by atoms with Crippen LogP contribution in [0.3, 0.4) is 0 Å². The van der Waals surface area contributed by atoms with Crippen LogP contribution in [-0.2, 0) is 9.47 Å². The van der Waals surface area contributed by atoms with Crippen LogP contribution in [0.25, 0.3) is 0 Å². The minimum atomic E-state index is -0.0419. The Bertz CT molecular complexity index is 454. The minimum absolute atomic E-state index is 0.0199. The van der Waals surface area contributed by atoms with Crippen molar-refractivity contribution in [3.05, 3.63) is 32.7 Å². The smallest absolute Gasteiger partial charge is 0.255 e. The molecule has 0 aliphatic carbocycles. The number of carbonyl (C=O) groups excluding carboxylic acids is 1. The van der Waals surface area contributed by atoms with Crippen molar-refractivity contribution in [1.82, 2.24) is 4.90 Å². The van der Waals surface area contributed by atoms with Gasteiger partial charge in [-0.2, -0.15) is 0 Å². The third-order valence-corrected chi connectivity index (χ3v) is 4.08. The predicted molar refractivity (Wildman–Crippen MR) is 86.1 cm³/mol. The van der Waals surface area contributed by atoms with Crippen LogP contribution in [0.2, 0.25) is 0 Å². The number of benzene rings is 1. The molecule has 1 unspecified atom stereocenters. The van der Waals surface area contributed by atoms with Gasteiger partial charge < -0.3 is 14.4 Å². The Morgan fingerprint density at radius 1 is 1.30 bits per heavy atom. The Hall–Kier alpha value is -0.430. The van der Waals surface area contributed by atoms with E-state index in [1.54, 1.807) is 19.1 Å². The summed E-state index contributed by atoms with van der Waals surface area (Å²) in [5.41, 5.74) is 0.624. The average molecular weight is 409 g/mol. The van der Waals surface area contributed by atoms with E-state index in [1.807, 2.05) is 25.1 Å². The second-order valence-electron chi connectivity index (χ2n) is 4.42. The van der Waals surface area contributed by atoms with Crippen LogP contribution in [0, 0.1) is 0 Å². The molecule has 1 amide bonds. The first kappa shape index (κ1) is 17.6. The van der Waals surface area contributed by atoms with E-state index in [2.05, 4.69) is 31.9 Å². The monoisotopic (exact) mass is 407 g/mol. The third-order valence-electron chi connectivity index (χ3n) is 2.90. The SMILES string of the molecule is COCCN(C(=O)c1cc(Br)ccc1Br)C(C)COC. The molecule has 1 aromatic carbocycles. The number of methoxy groups -OCH3 is 2. The second kappa shape index (κ2) is 8.77. The zero-order valence-corrected chi connectivity index (χ0v) is 15.0. The highest BCUT2D eigenvalue weighted by molar-refractivity contribution is 9.11. The summed E-state index contributed by atoms with van der Waals surface area (Å²) in [7, 11) is 3.25. The van der Waals surface area contributed by atoms with Crippen molar-refractivity contribution >= 4 is 37.8 Å². The van der Waals surface area contributed by atoms with Gasteiger partial charge in [-0.1, -0.05) is 15.9 Å². The molecule has 6 heteroatoms. The van der Waals surface area contributed by atoms with Gasteiger partial charge >= 0.3 is 0 Å². The largest absolute Gasteiger partial charge is 0.383 e. The second-order valence-corrected chi connectivity index (χ2v) is 6.19. The summed E-state index contributed by atoms with van der Waals surface area (Å²) in [6, 6.07) is 5.53. The first-order valence-electron chi connectivity index (χ1n) is 6.25. The van der Waals surface area contributed by atoms with Crippen LogP contribution in [0.15, 0.2) is 27.1 Å². The van der Waals surface area contributed by atoms with Gasteiger partial charge in [0.1, 0.15) is 0 Å². The molecule has 1 aromatic rings. The lowest BCUT2D eigenvalue weighted by Gasteiger charge is -2.29. The maximum Gasteiger partial charge on any atom is 0.255 e. The van der Waals surface area contributed by atoms with Gasteiger partial charge in [0, 0.05) is 29.7 Å². The molecule has 0 radical (unpaired) electrons. The van der Waals surface area contributed by atoms with Crippen molar-refractivity contribution in [3.8, 4) is 0 Å². The first-order valence-corrected chi connectivity index (χ1v) is 7.83. The number of rotatable bonds is 7. The number of hydrogen-bond acceptors (Lipinski definition) is 3. The number of nitrogens with zero attached hydrogens (tertiary/aromatic N) is 1. The third kappa shape index (κ3) is 4.84. The lowest BCUT2D eigenvalue weighted by molar-refractivity contribution is 0.0478. The van der Waals surface area contributed by atoms with E-state index in [1.165, 1.54) is 0 Å². The molecule has 0 aliphatic rings. The molecule has 20 heavy (non-hydrogen) atoms. The molecule has 0 aromatic heterocycles. The Balaban J connectivity index is 2.99. The maximum atomic E-state index is 12.7. The van der Waals surface area contributed by atoms with Crippen molar-refractivity contribution in [2.45, 2.75) is 13.0 Å². The fourth-order valence-electron chi connectivity index (χ4n) is 1.86. The molecule has 0 bridgehead atoms. The molecule has 112 valence electrons. The fraction of sp³-hybridized carbons (Fsp3) is 0.500. The number of hydrogen-bond donors (Lipinski definition) is 0. The summed E-state index contributed by atoms with van der Waals surface area (Å²) in [5.74, 6) is -0.0419. The quantitative estimate of drug-likeness (QED) is 0.694.